The van der Waals surface area contributed by atoms with Gasteiger partial charge < -0.3 is 4.74 Å². The summed E-state index contributed by atoms with van der Waals surface area (Å²) in [5.74, 6) is -0.833. The van der Waals surface area contributed by atoms with Crippen LogP contribution in [0.2, 0.25) is 5.02 Å². The van der Waals surface area contributed by atoms with E-state index in [0.717, 1.165) is 0 Å². The first-order valence-electron chi connectivity index (χ1n) is 7.24. The molecule has 3 rings (SSSR count). The van der Waals surface area contributed by atoms with Crippen LogP contribution < -0.4 is 15.6 Å². The van der Waals surface area contributed by atoms with Crippen LogP contribution in [0, 0.1) is 0 Å². The number of hydrazine groups is 1. The Balaban J connectivity index is 1.72. The number of halogens is 1. The first-order chi connectivity index (χ1) is 12.1. The largest absolute Gasteiger partial charge is 0.496 e. The Bertz CT molecular complexity index is 962. The van der Waals surface area contributed by atoms with Crippen molar-refractivity contribution in [3.8, 4) is 5.75 Å². The number of nitrogens with zero attached hydrogens (tertiary/aromatic N) is 2. The number of rotatable bonds is 3. The number of carbonyl (C=O) groups excluding carboxylic acids is 2. The SMILES string of the molecule is COc1cc(Cl)ccc1C(=O)NNC(=O)c1cnc2ccccc2n1. The zero-order chi connectivity index (χ0) is 17.8. The number of methoxy groups -OCH3 is 1. The lowest BCUT2D eigenvalue weighted by Crippen LogP contribution is -2.42. The van der Waals surface area contributed by atoms with Gasteiger partial charge in [-0.1, -0.05) is 23.7 Å². The predicted molar refractivity (Wildman–Crippen MR) is 92.5 cm³/mol. The molecule has 2 amide bonds. The number of amides is 2. The van der Waals surface area contributed by atoms with E-state index in [1.165, 1.54) is 25.4 Å². The van der Waals surface area contributed by atoms with E-state index in [-0.39, 0.29) is 11.3 Å². The maximum atomic E-state index is 12.2. The van der Waals surface area contributed by atoms with Crippen LogP contribution >= 0.6 is 11.6 Å². The molecule has 0 saturated carbocycles. The van der Waals surface area contributed by atoms with Crippen LogP contribution in [0.3, 0.4) is 0 Å². The van der Waals surface area contributed by atoms with E-state index < -0.39 is 11.8 Å². The van der Waals surface area contributed by atoms with Gasteiger partial charge in [0.05, 0.1) is 29.9 Å². The molecule has 0 aliphatic heterocycles. The molecule has 7 nitrogen and oxygen atoms in total. The minimum Gasteiger partial charge on any atom is -0.496 e. The highest BCUT2D eigenvalue weighted by Crippen LogP contribution is 2.22. The van der Waals surface area contributed by atoms with E-state index >= 15 is 0 Å². The standard InChI is InChI=1S/C17H13ClN4O3/c1-25-15-8-10(18)6-7-11(15)16(23)21-22-17(24)14-9-19-12-4-2-3-5-13(12)20-14/h2-9H,1H3,(H,21,23)(H,22,24). The van der Waals surface area contributed by atoms with Crippen molar-refractivity contribution in [3.05, 3.63) is 64.9 Å². The Morgan fingerprint density at radius 3 is 2.52 bits per heavy atom. The molecular weight excluding hydrogens is 344 g/mol. The summed E-state index contributed by atoms with van der Waals surface area (Å²) in [7, 11) is 1.42. The highest BCUT2D eigenvalue weighted by atomic mass is 35.5. The molecule has 0 aliphatic rings. The fourth-order valence-electron chi connectivity index (χ4n) is 2.16. The monoisotopic (exact) mass is 356 g/mol. The van der Waals surface area contributed by atoms with E-state index in [1.54, 1.807) is 24.3 Å². The van der Waals surface area contributed by atoms with Crippen molar-refractivity contribution in [3.63, 3.8) is 0 Å². The molecule has 1 heterocycles. The average molecular weight is 357 g/mol. The first-order valence-corrected chi connectivity index (χ1v) is 7.62. The summed E-state index contributed by atoms with van der Waals surface area (Å²) >= 11 is 5.86. The lowest BCUT2D eigenvalue weighted by Gasteiger charge is -2.10. The number of fused-ring (bicyclic) bond motifs is 1. The number of hydrogen-bond donors (Lipinski definition) is 2. The number of ether oxygens (including phenoxy) is 1. The molecule has 126 valence electrons. The van der Waals surface area contributed by atoms with E-state index in [2.05, 4.69) is 20.8 Å². The van der Waals surface area contributed by atoms with E-state index in [9.17, 15) is 9.59 Å². The quantitative estimate of drug-likeness (QED) is 0.703. The number of carbonyl (C=O) groups is 2. The molecule has 3 aromatic rings. The summed E-state index contributed by atoms with van der Waals surface area (Å²) < 4.78 is 5.11. The smallest absolute Gasteiger partial charge is 0.289 e. The summed E-state index contributed by atoms with van der Waals surface area (Å²) in [6.07, 6.45) is 1.34. The summed E-state index contributed by atoms with van der Waals surface area (Å²) in [5.41, 5.74) is 6.19. The third-order valence-electron chi connectivity index (χ3n) is 3.38. The molecule has 0 radical (unpaired) electrons. The molecular formula is C17H13ClN4O3. The minimum atomic E-state index is -0.584. The van der Waals surface area contributed by atoms with Crippen molar-refractivity contribution in [2.45, 2.75) is 0 Å². The van der Waals surface area contributed by atoms with Gasteiger partial charge in [-0.25, -0.2) is 4.98 Å². The fraction of sp³-hybridized carbons (Fsp3) is 0.0588. The van der Waals surface area contributed by atoms with E-state index in [0.29, 0.717) is 21.8 Å². The van der Waals surface area contributed by atoms with Crippen molar-refractivity contribution in [2.75, 3.05) is 7.11 Å². The van der Waals surface area contributed by atoms with Gasteiger partial charge in [0.2, 0.25) is 0 Å². The second-order valence-electron chi connectivity index (χ2n) is 5.00. The maximum absolute atomic E-state index is 12.2. The van der Waals surface area contributed by atoms with Gasteiger partial charge in [-0.05, 0) is 30.3 Å². The summed E-state index contributed by atoms with van der Waals surface area (Å²) in [6, 6.07) is 11.7. The van der Waals surface area contributed by atoms with Crippen LogP contribution in [0.25, 0.3) is 11.0 Å². The molecule has 2 aromatic carbocycles. The molecule has 0 saturated heterocycles. The molecule has 1 aromatic heterocycles. The predicted octanol–water partition coefficient (Wildman–Crippen LogP) is 2.37. The van der Waals surface area contributed by atoms with Crippen molar-refractivity contribution in [1.82, 2.24) is 20.8 Å². The Morgan fingerprint density at radius 2 is 1.76 bits per heavy atom. The number of benzene rings is 2. The van der Waals surface area contributed by atoms with Crippen LogP contribution in [0.1, 0.15) is 20.8 Å². The lowest BCUT2D eigenvalue weighted by molar-refractivity contribution is 0.0842. The second kappa shape index (κ2) is 7.14. The van der Waals surface area contributed by atoms with Crippen LogP contribution in [0.15, 0.2) is 48.7 Å². The van der Waals surface area contributed by atoms with Crippen molar-refractivity contribution < 1.29 is 14.3 Å². The van der Waals surface area contributed by atoms with E-state index in [1.807, 2.05) is 6.07 Å². The summed E-state index contributed by atoms with van der Waals surface area (Å²) in [6.45, 7) is 0. The van der Waals surface area contributed by atoms with Gasteiger partial charge in [-0.15, -0.1) is 0 Å². The highest BCUT2D eigenvalue weighted by Gasteiger charge is 2.15. The third kappa shape index (κ3) is 3.67. The summed E-state index contributed by atoms with van der Waals surface area (Å²) in [5, 5.41) is 0.434. The van der Waals surface area contributed by atoms with Crippen molar-refractivity contribution in [1.29, 1.82) is 0 Å². The fourth-order valence-corrected chi connectivity index (χ4v) is 2.33. The lowest BCUT2D eigenvalue weighted by atomic mass is 10.2. The first kappa shape index (κ1) is 16.7. The zero-order valence-corrected chi connectivity index (χ0v) is 13.9. The second-order valence-corrected chi connectivity index (χ2v) is 5.43. The van der Waals surface area contributed by atoms with Crippen LogP contribution in [0.5, 0.6) is 5.75 Å². The number of hydrogen-bond acceptors (Lipinski definition) is 5. The van der Waals surface area contributed by atoms with Gasteiger partial charge in [-0.3, -0.25) is 25.4 Å². The molecule has 25 heavy (non-hydrogen) atoms. The Labute approximate surface area is 148 Å². The average Bonchev–Trinajstić information content (AvgIpc) is 2.65. The molecule has 0 spiro atoms. The third-order valence-corrected chi connectivity index (χ3v) is 3.61. The van der Waals surface area contributed by atoms with Gasteiger partial charge in [0.25, 0.3) is 11.8 Å². The zero-order valence-electron chi connectivity index (χ0n) is 13.1. The normalized spacial score (nSPS) is 10.3. The molecule has 8 heteroatoms. The molecule has 0 bridgehead atoms. The molecule has 0 fully saturated rings. The molecule has 0 unspecified atom stereocenters. The Kier molecular flexibility index (Phi) is 4.76. The van der Waals surface area contributed by atoms with Gasteiger partial charge >= 0.3 is 0 Å². The molecule has 0 aliphatic carbocycles. The van der Waals surface area contributed by atoms with E-state index in [4.69, 9.17) is 16.3 Å². The summed E-state index contributed by atoms with van der Waals surface area (Å²) in [4.78, 5) is 32.7. The van der Waals surface area contributed by atoms with Crippen LogP contribution in [0.4, 0.5) is 0 Å². The van der Waals surface area contributed by atoms with Crippen molar-refractivity contribution >= 4 is 34.4 Å². The Morgan fingerprint density at radius 1 is 1.04 bits per heavy atom. The van der Waals surface area contributed by atoms with Crippen LogP contribution in [-0.4, -0.2) is 28.9 Å². The number of para-hydroxylation sites is 2. The Hall–Kier alpha value is -3.19. The molecule has 0 atom stereocenters. The van der Waals surface area contributed by atoms with Gasteiger partial charge in [0, 0.05) is 5.02 Å². The van der Waals surface area contributed by atoms with Crippen molar-refractivity contribution in [2.24, 2.45) is 0 Å². The minimum absolute atomic E-state index is 0.0853. The maximum Gasteiger partial charge on any atom is 0.289 e. The van der Waals surface area contributed by atoms with Crippen LogP contribution in [-0.2, 0) is 0 Å². The topological polar surface area (TPSA) is 93.2 Å². The highest BCUT2D eigenvalue weighted by molar-refractivity contribution is 6.30. The van der Waals surface area contributed by atoms with Gasteiger partial charge in [0.1, 0.15) is 11.4 Å². The van der Waals surface area contributed by atoms with Gasteiger partial charge in [-0.2, -0.15) is 0 Å². The van der Waals surface area contributed by atoms with Gasteiger partial charge in [0.15, 0.2) is 0 Å². The number of aromatic nitrogens is 2. The molecule has 2 N–H and O–H groups in total. The number of nitrogens with one attached hydrogen (secondary N) is 2.